The summed E-state index contributed by atoms with van der Waals surface area (Å²) in [4.78, 5) is 38.4. The number of hydrogen-bond acceptors (Lipinski definition) is 6. The molecule has 8 nitrogen and oxygen atoms in total. The van der Waals surface area contributed by atoms with E-state index in [0.717, 1.165) is 29.7 Å². The van der Waals surface area contributed by atoms with E-state index in [1.54, 1.807) is 24.1 Å². The van der Waals surface area contributed by atoms with Crippen LogP contribution in [0.25, 0.3) is 6.08 Å². The predicted octanol–water partition coefficient (Wildman–Crippen LogP) is 5.28. The molecule has 0 radical (unpaired) electrons. The largest absolute Gasteiger partial charge is 0.466 e. The van der Waals surface area contributed by atoms with Crippen molar-refractivity contribution >= 4 is 35.4 Å². The Balaban J connectivity index is 1.62. The van der Waals surface area contributed by atoms with Gasteiger partial charge in [0.25, 0.3) is 5.91 Å². The zero-order chi connectivity index (χ0) is 26.3. The van der Waals surface area contributed by atoms with Gasteiger partial charge in [-0.2, -0.15) is 0 Å². The second-order valence-electron chi connectivity index (χ2n) is 9.73. The van der Waals surface area contributed by atoms with Crippen molar-refractivity contribution in [3.05, 3.63) is 65.2 Å². The summed E-state index contributed by atoms with van der Waals surface area (Å²) < 4.78 is 10.1. The second-order valence-corrected chi connectivity index (χ2v) is 9.73. The number of rotatable bonds is 6. The molecule has 8 heteroatoms. The molecule has 2 aromatic carbocycles. The average molecular weight is 494 g/mol. The van der Waals surface area contributed by atoms with E-state index in [0.29, 0.717) is 30.3 Å². The van der Waals surface area contributed by atoms with E-state index in [-0.39, 0.29) is 12.0 Å². The van der Waals surface area contributed by atoms with E-state index in [2.05, 4.69) is 15.4 Å². The number of hydrogen-bond donors (Lipinski definition) is 2. The van der Waals surface area contributed by atoms with Crippen LogP contribution in [0, 0.1) is 0 Å². The van der Waals surface area contributed by atoms with Crippen molar-refractivity contribution in [3.8, 4) is 0 Å². The number of ether oxygens (including phenoxy) is 2. The molecule has 1 aliphatic rings. The third-order valence-corrected chi connectivity index (χ3v) is 5.97. The van der Waals surface area contributed by atoms with Crippen molar-refractivity contribution in [1.29, 1.82) is 0 Å². The molecule has 0 aromatic heterocycles. The van der Waals surface area contributed by atoms with Gasteiger partial charge in [-0.15, -0.1) is 0 Å². The van der Waals surface area contributed by atoms with Crippen LogP contribution in [0.4, 0.5) is 16.2 Å². The molecule has 0 spiro atoms. The van der Waals surface area contributed by atoms with Crippen molar-refractivity contribution in [2.75, 3.05) is 37.9 Å². The maximum atomic E-state index is 12.9. The zero-order valence-electron chi connectivity index (χ0n) is 21.6. The Morgan fingerprint density at radius 3 is 2.25 bits per heavy atom. The van der Waals surface area contributed by atoms with Crippen LogP contribution in [-0.2, 0) is 14.3 Å². The highest BCUT2D eigenvalue weighted by atomic mass is 16.6. The van der Waals surface area contributed by atoms with Crippen molar-refractivity contribution < 1.29 is 23.9 Å². The van der Waals surface area contributed by atoms with Crippen LogP contribution >= 0.6 is 0 Å². The summed E-state index contributed by atoms with van der Waals surface area (Å²) in [5, 5.41) is 6.01. The number of anilines is 2. The molecular weight excluding hydrogens is 458 g/mol. The van der Waals surface area contributed by atoms with Crippen LogP contribution in [0.15, 0.2) is 48.5 Å². The van der Waals surface area contributed by atoms with Gasteiger partial charge in [0.1, 0.15) is 5.60 Å². The lowest BCUT2D eigenvalue weighted by Gasteiger charge is -2.33. The van der Waals surface area contributed by atoms with E-state index >= 15 is 0 Å². The maximum Gasteiger partial charge on any atom is 0.410 e. The lowest BCUT2D eigenvalue weighted by molar-refractivity contribution is -0.134. The first-order valence-corrected chi connectivity index (χ1v) is 12.1. The molecule has 0 aliphatic carbocycles. The lowest BCUT2D eigenvalue weighted by Crippen LogP contribution is -2.41. The number of benzene rings is 2. The van der Waals surface area contributed by atoms with E-state index < -0.39 is 11.6 Å². The minimum atomic E-state index is -0.501. The minimum absolute atomic E-state index is 0.230. The Bertz CT molecular complexity index is 1110. The molecule has 1 aliphatic heterocycles. The van der Waals surface area contributed by atoms with Gasteiger partial charge in [-0.25, -0.2) is 9.59 Å². The molecular formula is C28H35N3O5. The summed E-state index contributed by atoms with van der Waals surface area (Å²) >= 11 is 0. The van der Waals surface area contributed by atoms with Gasteiger partial charge < -0.3 is 25.0 Å². The topological polar surface area (TPSA) is 97.0 Å². The van der Waals surface area contributed by atoms with Gasteiger partial charge in [0, 0.05) is 31.8 Å². The number of nitrogens with one attached hydrogen (secondary N) is 2. The molecule has 2 aromatic rings. The van der Waals surface area contributed by atoms with E-state index in [9.17, 15) is 14.4 Å². The summed E-state index contributed by atoms with van der Waals surface area (Å²) in [6.45, 7) is 6.90. The van der Waals surface area contributed by atoms with E-state index in [1.165, 1.54) is 13.2 Å². The number of nitrogens with zero attached hydrogens (tertiary/aromatic N) is 1. The molecule has 1 heterocycles. The quantitative estimate of drug-likeness (QED) is 0.420. The van der Waals surface area contributed by atoms with Crippen LogP contribution in [0.1, 0.15) is 61.0 Å². The van der Waals surface area contributed by atoms with Crippen LogP contribution < -0.4 is 10.6 Å². The first-order chi connectivity index (χ1) is 17.1. The Labute approximate surface area is 212 Å². The summed E-state index contributed by atoms with van der Waals surface area (Å²) in [6.07, 6.45) is 4.39. The molecule has 2 N–H and O–H groups in total. The van der Waals surface area contributed by atoms with Gasteiger partial charge in [0.15, 0.2) is 0 Å². The van der Waals surface area contributed by atoms with Crippen LogP contribution in [-0.4, -0.2) is 55.7 Å². The molecule has 3 rings (SSSR count). The fraction of sp³-hybridized carbons (Fsp3) is 0.393. The average Bonchev–Trinajstić information content (AvgIpc) is 2.86. The molecule has 36 heavy (non-hydrogen) atoms. The third kappa shape index (κ3) is 7.34. The van der Waals surface area contributed by atoms with Gasteiger partial charge in [-0.1, -0.05) is 18.2 Å². The number of carbonyl (C=O) groups excluding carboxylic acids is 3. The Morgan fingerprint density at radius 2 is 1.67 bits per heavy atom. The van der Waals surface area contributed by atoms with Crippen molar-refractivity contribution in [3.63, 3.8) is 0 Å². The molecule has 0 bridgehead atoms. The maximum absolute atomic E-state index is 12.9. The minimum Gasteiger partial charge on any atom is -0.466 e. The SMILES string of the molecule is CNc1ccc(C=CC(=O)OC)cc1NC(=O)c1ccc(C2CCN(C(=O)OC(C)(C)C)CC2)cc1. The van der Waals surface area contributed by atoms with Crippen LogP contribution in [0.2, 0.25) is 0 Å². The molecule has 0 saturated carbocycles. The number of methoxy groups -OCH3 is 1. The number of carbonyl (C=O) groups is 3. The summed E-state index contributed by atoms with van der Waals surface area (Å²) in [7, 11) is 3.10. The lowest BCUT2D eigenvalue weighted by atomic mass is 9.89. The van der Waals surface area contributed by atoms with Crippen molar-refractivity contribution in [2.24, 2.45) is 0 Å². The van der Waals surface area contributed by atoms with Gasteiger partial charge in [0.05, 0.1) is 18.5 Å². The highest BCUT2D eigenvalue weighted by Crippen LogP contribution is 2.29. The first-order valence-electron chi connectivity index (χ1n) is 12.1. The summed E-state index contributed by atoms with van der Waals surface area (Å²) in [5.41, 5.74) is 3.31. The van der Waals surface area contributed by atoms with Crippen molar-refractivity contribution in [2.45, 2.75) is 45.1 Å². The smallest absolute Gasteiger partial charge is 0.410 e. The molecule has 192 valence electrons. The van der Waals surface area contributed by atoms with E-state index in [1.807, 2.05) is 57.2 Å². The van der Waals surface area contributed by atoms with Crippen molar-refractivity contribution in [1.82, 2.24) is 4.90 Å². The molecule has 2 amide bonds. The second kappa shape index (κ2) is 11.7. The van der Waals surface area contributed by atoms with Gasteiger partial charge in [-0.05, 0) is 81.0 Å². The third-order valence-electron chi connectivity index (χ3n) is 5.97. The Kier molecular flexibility index (Phi) is 8.74. The molecule has 0 atom stereocenters. The van der Waals surface area contributed by atoms with Crippen LogP contribution in [0.3, 0.4) is 0 Å². The number of esters is 1. The van der Waals surface area contributed by atoms with Gasteiger partial charge in [-0.3, -0.25) is 4.79 Å². The zero-order valence-corrected chi connectivity index (χ0v) is 21.6. The Morgan fingerprint density at radius 1 is 1.00 bits per heavy atom. The summed E-state index contributed by atoms with van der Waals surface area (Å²) in [6, 6.07) is 13.1. The summed E-state index contributed by atoms with van der Waals surface area (Å²) in [5.74, 6) is -0.351. The number of likely N-dealkylation sites (tertiary alicyclic amines) is 1. The normalized spacial score (nSPS) is 14.4. The highest BCUT2D eigenvalue weighted by molar-refractivity contribution is 6.06. The molecule has 1 fully saturated rings. The fourth-order valence-corrected chi connectivity index (χ4v) is 4.04. The van der Waals surface area contributed by atoms with Crippen LogP contribution in [0.5, 0.6) is 0 Å². The monoisotopic (exact) mass is 493 g/mol. The number of amides is 2. The predicted molar refractivity (Wildman–Crippen MR) is 141 cm³/mol. The van der Waals surface area contributed by atoms with Gasteiger partial charge >= 0.3 is 12.1 Å². The molecule has 1 saturated heterocycles. The Hall–Kier alpha value is -3.81. The van der Waals surface area contributed by atoms with E-state index in [4.69, 9.17) is 4.74 Å². The highest BCUT2D eigenvalue weighted by Gasteiger charge is 2.27. The first kappa shape index (κ1) is 26.8. The fourth-order valence-electron chi connectivity index (χ4n) is 4.04. The molecule has 0 unspecified atom stereocenters. The number of piperidine rings is 1. The standard InChI is InChI=1S/C28H35N3O5/c1-28(2,3)36-27(34)31-16-14-21(15-17-31)20-8-10-22(11-9-20)26(33)30-24-18-19(6-12-23(24)29-4)7-13-25(32)35-5/h6-13,18,21,29H,14-17H2,1-5H3,(H,30,33). The van der Waals surface area contributed by atoms with Gasteiger partial charge in [0.2, 0.25) is 0 Å².